The number of ether oxygens (including phenoxy) is 2. The topological polar surface area (TPSA) is 169 Å². The number of anilines is 2. The fraction of sp³-hybridized carbons (Fsp3) is 0.235. The van der Waals surface area contributed by atoms with Crippen LogP contribution < -0.4 is 20.1 Å². The van der Waals surface area contributed by atoms with Gasteiger partial charge in [0.1, 0.15) is 26.9 Å². The second kappa shape index (κ2) is 30.3. The van der Waals surface area contributed by atoms with Crippen molar-refractivity contribution in [2.24, 2.45) is 0 Å². The molecule has 2 amide bonds. The lowest BCUT2D eigenvalue weighted by atomic mass is 10.1. The summed E-state index contributed by atoms with van der Waals surface area (Å²) >= 11 is 3.72. The minimum absolute atomic E-state index is 0.0314. The number of hydrogen-bond acceptors (Lipinski definition) is 10. The van der Waals surface area contributed by atoms with E-state index >= 15 is 0 Å². The van der Waals surface area contributed by atoms with Crippen molar-refractivity contribution >= 4 is 73.8 Å². The first kappa shape index (κ1) is 56.2. The molecule has 0 aliphatic heterocycles. The highest BCUT2D eigenvalue weighted by molar-refractivity contribution is 7.17. The van der Waals surface area contributed by atoms with Crippen LogP contribution in [0.5, 0.6) is 11.5 Å². The van der Waals surface area contributed by atoms with Crippen molar-refractivity contribution in [3.05, 3.63) is 153 Å². The average molecular weight is 971 g/mol. The highest BCUT2D eigenvalue weighted by atomic mass is 32.1. The van der Waals surface area contributed by atoms with E-state index in [0.29, 0.717) is 39.9 Å². The van der Waals surface area contributed by atoms with E-state index in [1.165, 1.54) is 59.6 Å². The number of carbonyl (C=O) groups is 4. The molecule has 0 unspecified atom stereocenters. The average Bonchev–Trinajstić information content (AvgIpc) is 4.21. The van der Waals surface area contributed by atoms with Crippen LogP contribution in [0.25, 0.3) is 27.8 Å². The van der Waals surface area contributed by atoms with Gasteiger partial charge in [0.05, 0.1) is 19.9 Å². The second-order valence-electron chi connectivity index (χ2n) is 12.6. The molecule has 4 N–H and O–H groups in total. The highest BCUT2D eigenvalue weighted by Crippen LogP contribution is 2.38. The number of nitrogens with one attached hydrogen (secondary N) is 2. The van der Waals surface area contributed by atoms with E-state index in [1.807, 2.05) is 72.0 Å². The Morgan fingerprint density at radius 3 is 1.88 bits per heavy atom. The predicted molar refractivity (Wildman–Crippen MR) is 274 cm³/mol. The van der Waals surface area contributed by atoms with Gasteiger partial charge in [0, 0.05) is 51.1 Å². The minimum Gasteiger partial charge on any atom is -0.493 e. The quantitative estimate of drug-likeness (QED) is 0.0822. The summed E-state index contributed by atoms with van der Waals surface area (Å²) in [4.78, 5) is 48.8. The molecule has 0 spiro atoms. The van der Waals surface area contributed by atoms with Gasteiger partial charge in [-0.15, -0.1) is 34.0 Å². The van der Waals surface area contributed by atoms with E-state index in [1.54, 1.807) is 59.1 Å². The van der Waals surface area contributed by atoms with Gasteiger partial charge in [-0.25, -0.2) is 14.0 Å². The molecule has 0 fully saturated rings. The van der Waals surface area contributed by atoms with Gasteiger partial charge in [-0.2, -0.15) is 5.10 Å². The number of hydrogen-bond donors (Lipinski definition) is 4. The molecule has 0 aliphatic carbocycles. The number of carboxylic acid groups (broad SMARTS) is 2. The summed E-state index contributed by atoms with van der Waals surface area (Å²) in [5.74, 6) is -2.64. The third-order valence-corrected chi connectivity index (χ3v) is 11.4. The van der Waals surface area contributed by atoms with E-state index in [-0.39, 0.29) is 21.7 Å². The Morgan fingerprint density at radius 2 is 1.34 bits per heavy atom. The molecule has 356 valence electrons. The van der Waals surface area contributed by atoms with Gasteiger partial charge >= 0.3 is 11.9 Å². The molecule has 7 aromatic rings. The number of aromatic carboxylic acids is 2. The zero-order chi connectivity index (χ0) is 49.9. The van der Waals surface area contributed by atoms with Crippen molar-refractivity contribution in [2.75, 3.05) is 24.9 Å². The molecular formula is C51H59FN4O8S3. The summed E-state index contributed by atoms with van der Waals surface area (Å²) in [6.45, 7) is 16.7. The van der Waals surface area contributed by atoms with Gasteiger partial charge in [-0.1, -0.05) is 97.0 Å². The summed E-state index contributed by atoms with van der Waals surface area (Å²) in [6, 6.07) is 26.3. The Bertz CT molecular complexity index is 2620. The summed E-state index contributed by atoms with van der Waals surface area (Å²) in [5.41, 5.74) is 3.88. The monoisotopic (exact) mass is 970 g/mol. The fourth-order valence-corrected chi connectivity index (χ4v) is 8.33. The van der Waals surface area contributed by atoms with E-state index < -0.39 is 29.6 Å². The standard InChI is InChI=1S/C20H17NO5S2.C17H14FN3O3S.C8H10.3C2H6/c1-25-14-7-5-12(10-15(14)26-2)6-8-17(22)21-19-18(20(23)24)13(11-28-19)16-4-3-9-27-16;1-2-21-7-6-13(20-21)12-9-25-16(14(12)17(23)24)19-15(22)10-4-3-5-11(18)8-10;1-2-8-6-4-3-5-7-8;3*1-2/h3-11H,1-2H3,(H,21,22)(H,23,24);3-9H,2H2,1H3,(H,19,22)(H,23,24);3-7H,2H2,1H3;3*1-2H3/b8-6+;;;;;. The molecule has 16 heteroatoms. The fourth-order valence-electron chi connectivity index (χ4n) is 5.61. The SMILES string of the molecule is CC.CC.CC.CCc1ccccc1.CCn1ccc(-c2csc(NC(=O)c3cccc(F)c3)c2C(=O)O)n1.COc1ccc(/C=C/C(=O)Nc2scc(-c3cccs3)c2C(=O)O)cc1OC. The summed E-state index contributed by atoms with van der Waals surface area (Å²) in [7, 11) is 3.08. The number of amides is 2. The van der Waals surface area contributed by atoms with E-state index in [0.717, 1.165) is 34.3 Å². The van der Waals surface area contributed by atoms with Crippen molar-refractivity contribution in [1.29, 1.82) is 0 Å². The number of carboxylic acids is 2. The first-order valence-electron chi connectivity index (χ1n) is 21.5. The molecule has 0 saturated heterocycles. The molecule has 0 atom stereocenters. The maximum Gasteiger partial charge on any atom is 0.339 e. The Labute approximate surface area is 404 Å². The molecule has 0 radical (unpaired) electrons. The van der Waals surface area contributed by atoms with Gasteiger partial charge in [-0.05, 0) is 78.4 Å². The first-order chi connectivity index (χ1) is 32.5. The molecule has 12 nitrogen and oxygen atoms in total. The smallest absolute Gasteiger partial charge is 0.339 e. The van der Waals surface area contributed by atoms with Crippen molar-refractivity contribution < 1.29 is 43.3 Å². The molecule has 3 aromatic carbocycles. The van der Waals surface area contributed by atoms with Gasteiger partial charge in [0.15, 0.2) is 11.5 Å². The number of methoxy groups -OCH3 is 2. The third kappa shape index (κ3) is 16.8. The molecule has 0 saturated carbocycles. The normalized spacial score (nSPS) is 9.84. The van der Waals surface area contributed by atoms with Crippen LogP contribution in [0.15, 0.2) is 119 Å². The van der Waals surface area contributed by atoms with E-state index in [4.69, 9.17) is 9.47 Å². The third-order valence-electron chi connectivity index (χ3n) is 8.67. The maximum atomic E-state index is 13.3. The molecule has 4 heterocycles. The highest BCUT2D eigenvalue weighted by Gasteiger charge is 2.23. The lowest BCUT2D eigenvalue weighted by molar-refractivity contribution is -0.111. The summed E-state index contributed by atoms with van der Waals surface area (Å²) < 4.78 is 25.4. The molecular weight excluding hydrogens is 912 g/mol. The van der Waals surface area contributed by atoms with Crippen molar-refractivity contribution in [3.63, 3.8) is 0 Å². The number of thiophene rings is 3. The molecule has 67 heavy (non-hydrogen) atoms. The van der Waals surface area contributed by atoms with Gasteiger partial charge in [-0.3, -0.25) is 14.3 Å². The van der Waals surface area contributed by atoms with Crippen LogP contribution in [0.2, 0.25) is 0 Å². The Morgan fingerprint density at radius 1 is 0.716 bits per heavy atom. The van der Waals surface area contributed by atoms with E-state index in [2.05, 4.69) is 46.9 Å². The van der Waals surface area contributed by atoms with Crippen LogP contribution in [-0.4, -0.2) is 58.0 Å². The molecule has 0 aliphatic rings. The number of carbonyl (C=O) groups excluding carboxylic acids is 2. The largest absolute Gasteiger partial charge is 0.493 e. The van der Waals surface area contributed by atoms with Gasteiger partial charge in [0.25, 0.3) is 5.91 Å². The minimum atomic E-state index is -1.17. The Balaban J connectivity index is 0.000000361. The van der Waals surface area contributed by atoms with Crippen LogP contribution in [0.4, 0.5) is 14.4 Å². The van der Waals surface area contributed by atoms with Crippen molar-refractivity contribution in [3.8, 4) is 33.2 Å². The molecule has 7 rings (SSSR count). The second-order valence-corrected chi connectivity index (χ2v) is 15.3. The van der Waals surface area contributed by atoms with Gasteiger partial charge in [0.2, 0.25) is 5.91 Å². The van der Waals surface area contributed by atoms with E-state index in [9.17, 15) is 33.8 Å². The molecule has 4 aromatic heterocycles. The number of rotatable bonds is 13. The van der Waals surface area contributed by atoms with Crippen molar-refractivity contribution in [1.82, 2.24) is 9.78 Å². The van der Waals surface area contributed by atoms with Gasteiger partial charge < -0.3 is 30.3 Å². The summed E-state index contributed by atoms with van der Waals surface area (Å²) in [5, 5.41) is 34.4. The van der Waals surface area contributed by atoms with Crippen molar-refractivity contribution in [2.45, 2.75) is 68.4 Å². The summed E-state index contributed by atoms with van der Waals surface area (Å²) in [6.07, 6.45) is 5.85. The molecule has 0 bridgehead atoms. The number of nitrogens with zero attached hydrogens (tertiary/aromatic N) is 2. The van der Waals surface area contributed by atoms with Crippen LogP contribution >= 0.6 is 34.0 Å². The number of halogens is 1. The lowest BCUT2D eigenvalue weighted by Gasteiger charge is -2.07. The number of aryl methyl sites for hydroxylation is 2. The van der Waals surface area contributed by atoms with Crippen LogP contribution in [0.3, 0.4) is 0 Å². The zero-order valence-corrected chi connectivity index (χ0v) is 41.8. The Kier molecular flexibility index (Phi) is 25.5. The van der Waals surface area contributed by atoms with Crippen LogP contribution in [-0.2, 0) is 17.8 Å². The number of aromatic nitrogens is 2. The van der Waals surface area contributed by atoms with Crippen LogP contribution in [0.1, 0.15) is 97.6 Å². The first-order valence-corrected chi connectivity index (χ1v) is 24.2. The lowest BCUT2D eigenvalue weighted by Crippen LogP contribution is -2.13. The van der Waals surface area contributed by atoms with Crippen LogP contribution in [0, 0.1) is 5.82 Å². The maximum absolute atomic E-state index is 13.3. The zero-order valence-electron chi connectivity index (χ0n) is 39.4. The predicted octanol–water partition coefficient (Wildman–Crippen LogP) is 13.9. The number of benzene rings is 3. The Hall–Kier alpha value is -6.88.